The maximum Gasteiger partial charge on any atom is 0.251 e. The van der Waals surface area contributed by atoms with E-state index in [0.29, 0.717) is 24.9 Å². The van der Waals surface area contributed by atoms with E-state index in [1.54, 1.807) is 18.1 Å². The summed E-state index contributed by atoms with van der Waals surface area (Å²) in [7, 11) is 3.60. The first-order valence-corrected chi connectivity index (χ1v) is 14.7. The lowest BCUT2D eigenvalue weighted by Crippen LogP contribution is -2.51. The highest BCUT2D eigenvalue weighted by atomic mass is 16.5. The Morgan fingerprint density at radius 3 is 2.52 bits per heavy atom. The molecule has 1 fully saturated rings. The molecule has 2 atom stereocenters. The summed E-state index contributed by atoms with van der Waals surface area (Å²) < 4.78 is 5.39. The molecule has 8 nitrogen and oxygen atoms in total. The maximum absolute atomic E-state index is 13.8. The minimum absolute atomic E-state index is 0.0692. The van der Waals surface area contributed by atoms with Gasteiger partial charge in [-0.25, -0.2) is 0 Å². The molecule has 3 aromatic rings. The van der Waals surface area contributed by atoms with E-state index in [4.69, 9.17) is 4.74 Å². The first-order valence-electron chi connectivity index (χ1n) is 14.7. The van der Waals surface area contributed by atoms with Gasteiger partial charge in [0, 0.05) is 55.6 Å². The number of hydrogen-bond donors (Lipinski definition) is 3. The molecule has 1 heterocycles. The van der Waals surface area contributed by atoms with Gasteiger partial charge in [0.2, 0.25) is 5.91 Å². The molecule has 224 valence electrons. The maximum atomic E-state index is 13.8. The number of aliphatic hydroxyl groups is 1. The van der Waals surface area contributed by atoms with E-state index in [-0.39, 0.29) is 18.4 Å². The van der Waals surface area contributed by atoms with Crippen molar-refractivity contribution >= 4 is 23.2 Å². The summed E-state index contributed by atoms with van der Waals surface area (Å²) in [4.78, 5) is 30.1. The molecule has 1 aliphatic rings. The molecule has 42 heavy (non-hydrogen) atoms. The van der Waals surface area contributed by atoms with Gasteiger partial charge in [-0.2, -0.15) is 0 Å². The molecule has 2 amide bonds. The number of carbonyl (C=O) groups excluding carboxylic acids is 2. The van der Waals surface area contributed by atoms with Gasteiger partial charge in [0.25, 0.3) is 5.91 Å². The smallest absolute Gasteiger partial charge is 0.251 e. The van der Waals surface area contributed by atoms with Crippen molar-refractivity contribution in [1.82, 2.24) is 10.6 Å². The molecule has 0 bridgehead atoms. The number of amides is 2. The van der Waals surface area contributed by atoms with Gasteiger partial charge < -0.3 is 30.3 Å². The third-order valence-corrected chi connectivity index (χ3v) is 8.09. The number of rotatable bonds is 13. The number of anilines is 2. The van der Waals surface area contributed by atoms with Gasteiger partial charge in [-0.05, 0) is 75.1 Å². The third kappa shape index (κ3) is 7.69. The van der Waals surface area contributed by atoms with E-state index in [0.717, 1.165) is 41.2 Å². The van der Waals surface area contributed by atoms with Crippen LogP contribution in [0.3, 0.4) is 0 Å². The normalized spacial score (nSPS) is 14.9. The zero-order valence-corrected chi connectivity index (χ0v) is 25.4. The van der Waals surface area contributed by atoms with E-state index >= 15 is 0 Å². The first-order chi connectivity index (χ1) is 20.1. The number of nitrogens with one attached hydrogen (secondary N) is 2. The van der Waals surface area contributed by atoms with E-state index in [9.17, 15) is 14.7 Å². The number of aliphatic hydroxyl groups excluding tert-OH is 1. The van der Waals surface area contributed by atoms with Crippen LogP contribution in [0.4, 0.5) is 11.4 Å². The van der Waals surface area contributed by atoms with Gasteiger partial charge in [0.15, 0.2) is 0 Å². The first kappa shape index (κ1) is 31.1. The Bertz CT molecular complexity index is 1360. The van der Waals surface area contributed by atoms with Gasteiger partial charge in [-0.3, -0.25) is 9.59 Å². The lowest BCUT2D eigenvalue weighted by molar-refractivity contribution is -0.117. The zero-order valence-electron chi connectivity index (χ0n) is 25.4. The minimum atomic E-state index is -0.875. The minimum Gasteiger partial charge on any atom is -0.497 e. The van der Waals surface area contributed by atoms with Crippen LogP contribution >= 0.6 is 0 Å². The molecule has 0 radical (unpaired) electrons. The summed E-state index contributed by atoms with van der Waals surface area (Å²) >= 11 is 0. The second-order valence-electron chi connectivity index (χ2n) is 11.5. The summed E-state index contributed by atoms with van der Waals surface area (Å²) in [6, 6.07) is 22.7. The number of hydrogen-bond acceptors (Lipinski definition) is 6. The summed E-state index contributed by atoms with van der Waals surface area (Å²) in [5, 5.41) is 18.1. The fourth-order valence-corrected chi connectivity index (χ4v) is 5.23. The molecule has 0 aliphatic carbocycles. The predicted molar refractivity (Wildman–Crippen MR) is 168 cm³/mol. The summed E-state index contributed by atoms with van der Waals surface area (Å²) in [5.41, 5.74) is 3.63. The van der Waals surface area contributed by atoms with Crippen molar-refractivity contribution in [1.29, 1.82) is 0 Å². The Hall–Kier alpha value is -3.88. The van der Waals surface area contributed by atoms with Crippen LogP contribution in [0.2, 0.25) is 0 Å². The molecule has 0 unspecified atom stereocenters. The van der Waals surface area contributed by atoms with Gasteiger partial charge in [0.05, 0.1) is 19.3 Å². The zero-order chi connectivity index (χ0) is 30.3. The van der Waals surface area contributed by atoms with Crippen LogP contribution in [0, 0.1) is 0 Å². The van der Waals surface area contributed by atoms with Crippen molar-refractivity contribution in [3.05, 3.63) is 89.5 Å². The summed E-state index contributed by atoms with van der Waals surface area (Å²) in [6.07, 6.45) is 0.902. The van der Waals surface area contributed by atoms with Gasteiger partial charge in [0.1, 0.15) is 5.75 Å². The highest BCUT2D eigenvalue weighted by Gasteiger charge is 2.28. The Morgan fingerprint density at radius 1 is 1.10 bits per heavy atom. The fraction of sp³-hybridized carbons (Fsp3) is 0.412. The molecule has 0 saturated carbocycles. The molecule has 0 spiro atoms. The Labute approximate surface area is 249 Å². The number of ether oxygens (including phenoxy) is 1. The Balaban J connectivity index is 1.57. The largest absolute Gasteiger partial charge is 0.497 e. The van der Waals surface area contributed by atoms with Crippen molar-refractivity contribution in [2.45, 2.75) is 57.7 Å². The SMILES string of the molecule is CCN(C)c1cc(C(=O)N[C@@H](Cc2ccccc2)[C@H](O)CNC(C)(C)c2cccc(OC)c2)cc(N2CCCC2=O)c1. The monoisotopic (exact) mass is 572 g/mol. The molecule has 1 saturated heterocycles. The van der Waals surface area contributed by atoms with Crippen LogP contribution in [-0.2, 0) is 16.8 Å². The van der Waals surface area contributed by atoms with Crippen LogP contribution in [-0.4, -0.2) is 62.9 Å². The average Bonchev–Trinajstić information content (AvgIpc) is 3.45. The standard InChI is InChI=1S/C34H44N4O4/c1-6-37(4)27-19-25(20-28(22-27)38-17-11-16-32(38)40)33(41)36-30(18-24-12-8-7-9-13-24)31(39)23-35-34(2,3)26-14-10-15-29(21-26)42-5/h7-10,12-15,19-22,30-31,35,39H,6,11,16-18,23H2,1-5H3,(H,36,41)/t30-,31+/m0/s1. The van der Waals surface area contributed by atoms with Crippen molar-refractivity contribution in [2.24, 2.45) is 0 Å². The number of methoxy groups -OCH3 is 1. The third-order valence-electron chi connectivity index (χ3n) is 8.09. The molecule has 3 aromatic carbocycles. The van der Waals surface area contributed by atoms with Crippen LogP contribution in [0.1, 0.15) is 55.1 Å². The molecule has 1 aliphatic heterocycles. The van der Waals surface area contributed by atoms with Crippen molar-refractivity contribution in [3.8, 4) is 5.75 Å². The quantitative estimate of drug-likeness (QED) is 0.279. The van der Waals surface area contributed by atoms with E-state index < -0.39 is 17.7 Å². The van der Waals surface area contributed by atoms with Crippen molar-refractivity contribution in [3.63, 3.8) is 0 Å². The summed E-state index contributed by atoms with van der Waals surface area (Å²) in [6.45, 7) is 7.80. The Kier molecular flexibility index (Phi) is 10.2. The molecular formula is C34H44N4O4. The lowest BCUT2D eigenvalue weighted by atomic mass is 9.93. The topological polar surface area (TPSA) is 94.1 Å². The van der Waals surface area contributed by atoms with Crippen LogP contribution in [0.25, 0.3) is 0 Å². The van der Waals surface area contributed by atoms with Crippen molar-refractivity contribution < 1.29 is 19.4 Å². The highest BCUT2D eigenvalue weighted by molar-refractivity contribution is 6.00. The van der Waals surface area contributed by atoms with Crippen LogP contribution < -0.4 is 25.2 Å². The second kappa shape index (κ2) is 13.9. The molecule has 3 N–H and O–H groups in total. The van der Waals surface area contributed by atoms with E-state index in [1.165, 1.54) is 0 Å². The second-order valence-corrected chi connectivity index (χ2v) is 11.5. The number of nitrogens with zero attached hydrogens (tertiary/aromatic N) is 2. The van der Waals surface area contributed by atoms with Gasteiger partial charge in [-0.15, -0.1) is 0 Å². The van der Waals surface area contributed by atoms with Crippen LogP contribution in [0.15, 0.2) is 72.8 Å². The molecule has 0 aromatic heterocycles. The lowest BCUT2D eigenvalue weighted by Gasteiger charge is -2.31. The predicted octanol–water partition coefficient (Wildman–Crippen LogP) is 4.51. The van der Waals surface area contributed by atoms with Gasteiger partial charge in [-0.1, -0.05) is 42.5 Å². The fourth-order valence-electron chi connectivity index (χ4n) is 5.23. The van der Waals surface area contributed by atoms with Crippen molar-refractivity contribution in [2.75, 3.05) is 43.6 Å². The molecular weight excluding hydrogens is 528 g/mol. The van der Waals surface area contributed by atoms with E-state index in [2.05, 4.69) is 24.5 Å². The molecule has 4 rings (SSSR count). The highest BCUT2D eigenvalue weighted by Crippen LogP contribution is 2.29. The molecule has 8 heteroatoms. The summed E-state index contributed by atoms with van der Waals surface area (Å²) in [5.74, 6) is 0.545. The average molecular weight is 573 g/mol. The van der Waals surface area contributed by atoms with Crippen LogP contribution in [0.5, 0.6) is 5.75 Å². The number of benzene rings is 3. The Morgan fingerprint density at radius 2 is 1.86 bits per heavy atom. The number of carbonyl (C=O) groups is 2. The van der Waals surface area contributed by atoms with E-state index in [1.807, 2.05) is 85.6 Å². The van der Waals surface area contributed by atoms with Gasteiger partial charge >= 0.3 is 0 Å².